The number of guanidine groups is 1. The van der Waals surface area contributed by atoms with E-state index in [9.17, 15) is 13.6 Å². The number of aliphatic imine (C=N–C) groups is 1. The van der Waals surface area contributed by atoms with Crippen LogP contribution >= 0.6 is 24.0 Å². The molecule has 0 saturated carbocycles. The standard InChI is InChI=1S/C19H26F2N4O3.HI/c1-22-19(23-13-14-4-2-5-15(12-14)28-18(20)21)25-9-7-24(8-10-25)17(26)16-6-3-11-27-16;/h2,4-5,12,16,18H,3,6-11,13H2,1H3,(H,22,23);1H. The van der Waals surface area contributed by atoms with Crippen molar-refractivity contribution in [1.29, 1.82) is 0 Å². The first-order valence-electron chi connectivity index (χ1n) is 9.46. The minimum Gasteiger partial charge on any atom is -0.435 e. The van der Waals surface area contributed by atoms with Crippen molar-refractivity contribution >= 4 is 35.8 Å². The summed E-state index contributed by atoms with van der Waals surface area (Å²) in [4.78, 5) is 20.7. The number of piperazine rings is 1. The number of rotatable bonds is 5. The van der Waals surface area contributed by atoms with Gasteiger partial charge < -0.3 is 24.6 Å². The number of carbonyl (C=O) groups excluding carboxylic acids is 1. The predicted molar refractivity (Wildman–Crippen MR) is 116 cm³/mol. The van der Waals surface area contributed by atoms with Crippen LogP contribution in [0, 0.1) is 0 Å². The SMILES string of the molecule is CN=C(NCc1cccc(OC(F)F)c1)N1CCN(C(=O)C2CCCO2)CC1.I. The number of hydrogen-bond acceptors (Lipinski definition) is 4. The predicted octanol–water partition coefficient (Wildman–Crippen LogP) is 2.30. The van der Waals surface area contributed by atoms with Crippen LogP contribution in [0.25, 0.3) is 0 Å². The molecule has 2 saturated heterocycles. The lowest BCUT2D eigenvalue weighted by atomic mass is 10.2. The molecule has 0 radical (unpaired) electrons. The molecule has 162 valence electrons. The number of nitrogens with zero attached hydrogens (tertiary/aromatic N) is 3. The molecule has 29 heavy (non-hydrogen) atoms. The van der Waals surface area contributed by atoms with Crippen LogP contribution in [0.2, 0.25) is 0 Å². The molecule has 0 aromatic heterocycles. The molecular weight excluding hydrogens is 497 g/mol. The molecule has 0 spiro atoms. The van der Waals surface area contributed by atoms with E-state index in [2.05, 4.69) is 19.9 Å². The second-order valence-corrected chi connectivity index (χ2v) is 6.74. The van der Waals surface area contributed by atoms with E-state index in [-0.39, 0.29) is 41.7 Å². The molecule has 1 N–H and O–H groups in total. The number of halogens is 3. The second-order valence-electron chi connectivity index (χ2n) is 6.74. The molecule has 10 heteroatoms. The number of ether oxygens (including phenoxy) is 2. The minimum atomic E-state index is -2.84. The van der Waals surface area contributed by atoms with Crippen molar-refractivity contribution in [2.75, 3.05) is 39.8 Å². The van der Waals surface area contributed by atoms with Crippen molar-refractivity contribution in [2.24, 2.45) is 4.99 Å². The van der Waals surface area contributed by atoms with Crippen molar-refractivity contribution < 1.29 is 23.0 Å². The van der Waals surface area contributed by atoms with Crippen LogP contribution in [0.1, 0.15) is 18.4 Å². The van der Waals surface area contributed by atoms with Crippen LogP contribution in [0.3, 0.4) is 0 Å². The molecule has 2 heterocycles. The maximum Gasteiger partial charge on any atom is 0.387 e. The molecule has 0 bridgehead atoms. The quantitative estimate of drug-likeness (QED) is 0.364. The van der Waals surface area contributed by atoms with Crippen molar-refractivity contribution in [3.05, 3.63) is 29.8 Å². The molecule has 1 unspecified atom stereocenters. The Morgan fingerprint density at radius 1 is 1.31 bits per heavy atom. The van der Waals surface area contributed by atoms with Gasteiger partial charge in [-0.25, -0.2) is 0 Å². The summed E-state index contributed by atoms with van der Waals surface area (Å²) < 4.78 is 34.6. The van der Waals surface area contributed by atoms with E-state index >= 15 is 0 Å². The molecule has 2 aliphatic heterocycles. The zero-order valence-corrected chi connectivity index (χ0v) is 18.7. The topological polar surface area (TPSA) is 66.4 Å². The van der Waals surface area contributed by atoms with E-state index < -0.39 is 6.61 Å². The highest BCUT2D eigenvalue weighted by Crippen LogP contribution is 2.17. The van der Waals surface area contributed by atoms with Crippen molar-refractivity contribution in [1.82, 2.24) is 15.1 Å². The maximum absolute atomic E-state index is 12.4. The van der Waals surface area contributed by atoms with Gasteiger partial charge in [0.15, 0.2) is 5.96 Å². The third-order valence-electron chi connectivity index (χ3n) is 4.88. The number of benzene rings is 1. The number of alkyl halides is 2. The largest absolute Gasteiger partial charge is 0.435 e. The van der Waals surface area contributed by atoms with E-state index in [1.54, 1.807) is 19.2 Å². The number of carbonyl (C=O) groups is 1. The molecule has 1 amide bonds. The van der Waals surface area contributed by atoms with Gasteiger partial charge in [0.05, 0.1) is 0 Å². The van der Waals surface area contributed by atoms with Gasteiger partial charge in [0.2, 0.25) is 0 Å². The molecule has 3 rings (SSSR count). The number of nitrogens with one attached hydrogen (secondary N) is 1. The Labute approximate surface area is 186 Å². The molecule has 2 aliphatic rings. The Kier molecular flexibility index (Phi) is 9.34. The Hall–Kier alpha value is -1.69. The van der Waals surface area contributed by atoms with Gasteiger partial charge in [0, 0.05) is 46.4 Å². The Morgan fingerprint density at radius 3 is 2.66 bits per heavy atom. The lowest BCUT2D eigenvalue weighted by Gasteiger charge is -2.37. The molecule has 7 nitrogen and oxygen atoms in total. The number of hydrogen-bond donors (Lipinski definition) is 1. The summed E-state index contributed by atoms with van der Waals surface area (Å²) in [6.07, 6.45) is 1.46. The molecule has 1 aromatic carbocycles. The fraction of sp³-hybridized carbons (Fsp3) is 0.579. The third kappa shape index (κ3) is 6.66. The second kappa shape index (κ2) is 11.5. The first-order chi connectivity index (χ1) is 13.6. The van der Waals surface area contributed by atoms with Gasteiger partial charge in [-0.3, -0.25) is 9.79 Å². The molecular formula is C19H27F2IN4O3. The lowest BCUT2D eigenvalue weighted by Crippen LogP contribution is -2.55. The van der Waals surface area contributed by atoms with Gasteiger partial charge in [-0.2, -0.15) is 8.78 Å². The zero-order valence-electron chi connectivity index (χ0n) is 16.4. The lowest BCUT2D eigenvalue weighted by molar-refractivity contribution is -0.142. The average Bonchev–Trinajstić information content (AvgIpc) is 3.23. The van der Waals surface area contributed by atoms with Gasteiger partial charge in [0.1, 0.15) is 11.9 Å². The van der Waals surface area contributed by atoms with Crippen molar-refractivity contribution in [2.45, 2.75) is 32.1 Å². The van der Waals surface area contributed by atoms with Crippen LogP contribution < -0.4 is 10.1 Å². The van der Waals surface area contributed by atoms with Gasteiger partial charge in [-0.15, -0.1) is 24.0 Å². The Bertz CT molecular complexity index is 694. The number of amides is 1. The van der Waals surface area contributed by atoms with Crippen LogP contribution in [-0.4, -0.2) is 74.2 Å². The normalized spacial score (nSPS) is 19.9. The van der Waals surface area contributed by atoms with Crippen LogP contribution in [0.5, 0.6) is 5.75 Å². The highest BCUT2D eigenvalue weighted by Gasteiger charge is 2.30. The smallest absolute Gasteiger partial charge is 0.387 e. The first-order valence-corrected chi connectivity index (χ1v) is 9.46. The summed E-state index contributed by atoms with van der Waals surface area (Å²) in [5.74, 6) is 0.922. The fourth-order valence-corrected chi connectivity index (χ4v) is 3.46. The summed E-state index contributed by atoms with van der Waals surface area (Å²) in [6.45, 7) is 0.844. The summed E-state index contributed by atoms with van der Waals surface area (Å²) in [6, 6.07) is 6.57. The van der Waals surface area contributed by atoms with Crippen molar-refractivity contribution in [3.8, 4) is 5.75 Å². The molecule has 2 fully saturated rings. The van der Waals surface area contributed by atoms with E-state index in [4.69, 9.17) is 4.74 Å². The maximum atomic E-state index is 12.4. The zero-order chi connectivity index (χ0) is 19.9. The average molecular weight is 524 g/mol. The highest BCUT2D eigenvalue weighted by atomic mass is 127. The monoisotopic (exact) mass is 524 g/mol. The third-order valence-corrected chi connectivity index (χ3v) is 4.88. The van der Waals surface area contributed by atoms with E-state index in [0.717, 1.165) is 18.4 Å². The summed E-state index contributed by atoms with van der Waals surface area (Å²) in [5.41, 5.74) is 0.812. The van der Waals surface area contributed by atoms with E-state index in [0.29, 0.717) is 45.3 Å². The van der Waals surface area contributed by atoms with E-state index in [1.165, 1.54) is 6.07 Å². The van der Waals surface area contributed by atoms with Crippen LogP contribution in [-0.2, 0) is 16.1 Å². The Balaban J connectivity index is 0.00000300. The fourth-order valence-electron chi connectivity index (χ4n) is 3.46. The van der Waals surface area contributed by atoms with Gasteiger partial charge in [-0.05, 0) is 30.5 Å². The van der Waals surface area contributed by atoms with Gasteiger partial charge >= 0.3 is 6.61 Å². The first kappa shape index (κ1) is 23.6. The summed E-state index contributed by atoms with van der Waals surface area (Å²) >= 11 is 0. The molecule has 0 aliphatic carbocycles. The van der Waals surface area contributed by atoms with E-state index in [1.807, 2.05) is 11.0 Å². The minimum absolute atomic E-state index is 0. The highest BCUT2D eigenvalue weighted by molar-refractivity contribution is 14.0. The van der Waals surface area contributed by atoms with Gasteiger partial charge in [0.25, 0.3) is 5.91 Å². The summed E-state index contributed by atoms with van der Waals surface area (Å²) in [5, 5.41) is 3.24. The Morgan fingerprint density at radius 2 is 2.03 bits per heavy atom. The molecule has 1 aromatic rings. The van der Waals surface area contributed by atoms with Gasteiger partial charge in [-0.1, -0.05) is 12.1 Å². The van der Waals surface area contributed by atoms with Crippen LogP contribution in [0.4, 0.5) is 8.78 Å². The van der Waals surface area contributed by atoms with Crippen molar-refractivity contribution in [3.63, 3.8) is 0 Å². The summed E-state index contributed by atoms with van der Waals surface area (Å²) in [7, 11) is 1.70. The molecule has 1 atom stereocenters. The van der Waals surface area contributed by atoms with Crippen LogP contribution in [0.15, 0.2) is 29.3 Å².